The van der Waals surface area contributed by atoms with Crippen molar-refractivity contribution >= 4 is 5.97 Å². The molecule has 1 heterocycles. The van der Waals surface area contributed by atoms with Crippen LogP contribution in [0.15, 0.2) is 0 Å². The second-order valence-corrected chi connectivity index (χ2v) is 7.15. The van der Waals surface area contributed by atoms with Crippen molar-refractivity contribution in [2.45, 2.75) is 71.4 Å². The SMILES string of the molecule is CC1CC(N2CCCCC2C(=O)O)CC(C)(C)C1. The molecule has 3 unspecified atom stereocenters. The minimum Gasteiger partial charge on any atom is -0.480 e. The van der Waals surface area contributed by atoms with Gasteiger partial charge in [-0.05, 0) is 50.0 Å². The number of carboxylic acid groups (broad SMARTS) is 1. The molecule has 0 bridgehead atoms. The predicted molar refractivity (Wildman–Crippen MR) is 72.6 cm³/mol. The van der Waals surface area contributed by atoms with Crippen LogP contribution in [0.3, 0.4) is 0 Å². The molecule has 1 aliphatic heterocycles. The molecular weight excluding hydrogens is 226 g/mol. The van der Waals surface area contributed by atoms with Crippen LogP contribution >= 0.6 is 0 Å². The standard InChI is InChI=1S/C15H27NO2/c1-11-8-12(10-15(2,3)9-11)16-7-5-4-6-13(16)14(17)18/h11-13H,4-10H2,1-3H3,(H,17,18). The Morgan fingerprint density at radius 2 is 2.00 bits per heavy atom. The number of hydrogen-bond donors (Lipinski definition) is 1. The fraction of sp³-hybridized carbons (Fsp3) is 0.933. The Labute approximate surface area is 111 Å². The molecule has 0 aromatic heterocycles. The van der Waals surface area contributed by atoms with Gasteiger partial charge in [0.15, 0.2) is 0 Å². The maximum absolute atomic E-state index is 11.4. The normalized spacial score (nSPS) is 37.4. The van der Waals surface area contributed by atoms with Gasteiger partial charge in [-0.1, -0.05) is 27.2 Å². The Kier molecular flexibility index (Phi) is 4.00. The highest BCUT2D eigenvalue weighted by molar-refractivity contribution is 5.73. The fourth-order valence-electron chi connectivity index (χ4n) is 4.20. The molecule has 18 heavy (non-hydrogen) atoms. The summed E-state index contributed by atoms with van der Waals surface area (Å²) < 4.78 is 0. The first-order valence-electron chi connectivity index (χ1n) is 7.37. The van der Waals surface area contributed by atoms with Gasteiger partial charge in [-0.25, -0.2) is 0 Å². The summed E-state index contributed by atoms with van der Waals surface area (Å²) in [7, 11) is 0. The molecule has 3 atom stereocenters. The first-order valence-corrected chi connectivity index (χ1v) is 7.37. The summed E-state index contributed by atoms with van der Waals surface area (Å²) >= 11 is 0. The minimum atomic E-state index is -0.620. The van der Waals surface area contributed by atoms with Crippen molar-refractivity contribution in [1.82, 2.24) is 4.90 Å². The quantitative estimate of drug-likeness (QED) is 0.822. The highest BCUT2D eigenvalue weighted by Crippen LogP contribution is 2.41. The Bertz CT molecular complexity index is 314. The van der Waals surface area contributed by atoms with Crippen molar-refractivity contribution in [1.29, 1.82) is 0 Å². The highest BCUT2D eigenvalue weighted by atomic mass is 16.4. The largest absolute Gasteiger partial charge is 0.480 e. The van der Waals surface area contributed by atoms with Crippen molar-refractivity contribution in [2.75, 3.05) is 6.54 Å². The first kappa shape index (κ1) is 13.9. The number of likely N-dealkylation sites (tertiary alicyclic amines) is 1. The lowest BCUT2D eigenvalue weighted by Gasteiger charge is -2.47. The van der Waals surface area contributed by atoms with E-state index in [1.165, 1.54) is 12.8 Å². The van der Waals surface area contributed by atoms with Crippen molar-refractivity contribution in [3.8, 4) is 0 Å². The van der Waals surface area contributed by atoms with E-state index in [0.29, 0.717) is 11.5 Å². The van der Waals surface area contributed by atoms with Crippen LogP contribution < -0.4 is 0 Å². The molecule has 0 aromatic carbocycles. The smallest absolute Gasteiger partial charge is 0.320 e. The van der Waals surface area contributed by atoms with Crippen LogP contribution in [0, 0.1) is 11.3 Å². The van der Waals surface area contributed by atoms with Gasteiger partial charge in [-0.15, -0.1) is 0 Å². The van der Waals surface area contributed by atoms with E-state index in [2.05, 4.69) is 25.7 Å². The summed E-state index contributed by atoms with van der Waals surface area (Å²) in [6.07, 6.45) is 6.66. The monoisotopic (exact) mass is 253 g/mol. The lowest BCUT2D eigenvalue weighted by atomic mass is 9.70. The van der Waals surface area contributed by atoms with E-state index >= 15 is 0 Å². The molecule has 0 spiro atoms. The van der Waals surface area contributed by atoms with Gasteiger partial charge < -0.3 is 5.11 Å². The number of rotatable bonds is 2. The molecule has 2 fully saturated rings. The molecule has 0 aromatic rings. The molecule has 0 radical (unpaired) electrons. The Morgan fingerprint density at radius 1 is 1.28 bits per heavy atom. The summed E-state index contributed by atoms with van der Waals surface area (Å²) in [5.74, 6) is 0.0980. The van der Waals surface area contributed by atoms with Gasteiger partial charge in [0.1, 0.15) is 6.04 Å². The van der Waals surface area contributed by atoms with Gasteiger partial charge in [0.2, 0.25) is 0 Å². The first-order chi connectivity index (χ1) is 8.39. The molecule has 2 aliphatic rings. The third-order valence-corrected chi connectivity index (χ3v) is 4.66. The van der Waals surface area contributed by atoms with Crippen LogP contribution in [0.2, 0.25) is 0 Å². The van der Waals surface area contributed by atoms with E-state index in [9.17, 15) is 9.90 Å². The van der Waals surface area contributed by atoms with E-state index in [0.717, 1.165) is 38.1 Å². The van der Waals surface area contributed by atoms with Crippen molar-refractivity contribution < 1.29 is 9.90 Å². The van der Waals surface area contributed by atoms with Crippen molar-refractivity contribution in [3.63, 3.8) is 0 Å². The second-order valence-electron chi connectivity index (χ2n) is 7.15. The van der Waals surface area contributed by atoms with Gasteiger partial charge in [0, 0.05) is 6.04 Å². The van der Waals surface area contributed by atoms with E-state index in [1.54, 1.807) is 0 Å². The highest BCUT2D eigenvalue weighted by Gasteiger charge is 2.39. The Morgan fingerprint density at radius 3 is 2.61 bits per heavy atom. The third kappa shape index (κ3) is 3.05. The van der Waals surface area contributed by atoms with E-state index in [4.69, 9.17) is 0 Å². The molecule has 1 saturated heterocycles. The van der Waals surface area contributed by atoms with Gasteiger partial charge in [0.25, 0.3) is 0 Å². The van der Waals surface area contributed by atoms with Crippen LogP contribution in [-0.2, 0) is 4.79 Å². The zero-order valence-corrected chi connectivity index (χ0v) is 12.0. The molecule has 0 amide bonds. The molecule has 2 rings (SSSR count). The average molecular weight is 253 g/mol. The molecule has 3 nitrogen and oxygen atoms in total. The summed E-state index contributed by atoms with van der Waals surface area (Å²) in [6, 6.07) is 0.245. The van der Waals surface area contributed by atoms with E-state index in [-0.39, 0.29) is 6.04 Å². The summed E-state index contributed by atoms with van der Waals surface area (Å²) in [5.41, 5.74) is 0.364. The van der Waals surface area contributed by atoms with Gasteiger partial charge in [-0.2, -0.15) is 0 Å². The fourth-order valence-corrected chi connectivity index (χ4v) is 4.20. The maximum atomic E-state index is 11.4. The van der Waals surface area contributed by atoms with E-state index < -0.39 is 5.97 Å². The minimum absolute atomic E-state index is 0.232. The van der Waals surface area contributed by atoms with Crippen LogP contribution in [0.1, 0.15) is 59.3 Å². The number of hydrogen-bond acceptors (Lipinski definition) is 2. The Balaban J connectivity index is 2.10. The molecule has 1 aliphatic carbocycles. The summed E-state index contributed by atoms with van der Waals surface area (Å²) in [6.45, 7) is 7.95. The summed E-state index contributed by atoms with van der Waals surface area (Å²) in [5, 5.41) is 9.39. The molecule has 1 saturated carbocycles. The second kappa shape index (κ2) is 5.20. The molecular formula is C15H27NO2. The topological polar surface area (TPSA) is 40.5 Å². The molecule has 104 valence electrons. The summed E-state index contributed by atoms with van der Waals surface area (Å²) in [4.78, 5) is 13.7. The zero-order valence-electron chi connectivity index (χ0n) is 12.0. The van der Waals surface area contributed by atoms with Crippen LogP contribution in [0.5, 0.6) is 0 Å². The van der Waals surface area contributed by atoms with Crippen LogP contribution in [0.4, 0.5) is 0 Å². The molecule has 3 heteroatoms. The maximum Gasteiger partial charge on any atom is 0.320 e. The van der Waals surface area contributed by atoms with E-state index in [1.807, 2.05) is 0 Å². The number of carbonyl (C=O) groups is 1. The van der Waals surface area contributed by atoms with Crippen LogP contribution in [0.25, 0.3) is 0 Å². The van der Waals surface area contributed by atoms with Gasteiger partial charge in [-0.3, -0.25) is 9.69 Å². The van der Waals surface area contributed by atoms with Gasteiger partial charge in [0.05, 0.1) is 0 Å². The number of aliphatic carboxylic acids is 1. The lowest BCUT2D eigenvalue weighted by Crippen LogP contribution is -2.53. The van der Waals surface area contributed by atoms with Crippen LogP contribution in [-0.4, -0.2) is 34.6 Å². The van der Waals surface area contributed by atoms with Gasteiger partial charge >= 0.3 is 5.97 Å². The van der Waals surface area contributed by atoms with Crippen molar-refractivity contribution in [2.24, 2.45) is 11.3 Å². The zero-order chi connectivity index (χ0) is 13.3. The van der Waals surface area contributed by atoms with Crippen molar-refractivity contribution in [3.05, 3.63) is 0 Å². The Hall–Kier alpha value is -0.570. The number of piperidine rings is 1. The number of carboxylic acids is 1. The third-order valence-electron chi connectivity index (χ3n) is 4.66. The lowest BCUT2D eigenvalue weighted by molar-refractivity contribution is -0.147. The average Bonchev–Trinajstić information content (AvgIpc) is 2.26. The molecule has 1 N–H and O–H groups in total. The predicted octanol–water partition coefficient (Wildman–Crippen LogP) is 3.14. The number of nitrogens with zero attached hydrogens (tertiary/aromatic N) is 1.